The second kappa shape index (κ2) is 15.9. The Morgan fingerprint density at radius 3 is 2.46 bits per heavy atom. The Morgan fingerprint density at radius 1 is 1.05 bits per heavy atom. The highest BCUT2D eigenvalue weighted by molar-refractivity contribution is 5.98. The number of guanidine groups is 1. The van der Waals surface area contributed by atoms with Crippen LogP contribution in [0.1, 0.15) is 75.6 Å². The van der Waals surface area contributed by atoms with Crippen LogP contribution in [-0.4, -0.2) is 60.4 Å². The summed E-state index contributed by atoms with van der Waals surface area (Å²) in [5.41, 5.74) is 11.5. The Morgan fingerprint density at radius 2 is 1.77 bits per heavy atom. The van der Waals surface area contributed by atoms with Crippen LogP contribution in [0.25, 0.3) is 10.8 Å². The van der Waals surface area contributed by atoms with Gasteiger partial charge in [-0.1, -0.05) is 61.7 Å². The molecule has 1 aliphatic heterocycles. The summed E-state index contributed by atoms with van der Waals surface area (Å²) in [6, 6.07) is 13.8. The summed E-state index contributed by atoms with van der Waals surface area (Å²) in [7, 11) is 0. The lowest BCUT2D eigenvalue weighted by atomic mass is 9.93. The number of amides is 2. The van der Waals surface area contributed by atoms with E-state index >= 15 is 0 Å². The third kappa shape index (κ3) is 9.39. The summed E-state index contributed by atoms with van der Waals surface area (Å²) in [4.78, 5) is 32.6. The maximum absolute atomic E-state index is 13.5. The third-order valence-electron chi connectivity index (χ3n) is 7.55. The molecule has 39 heavy (non-hydrogen) atoms. The molecule has 0 spiro atoms. The first-order chi connectivity index (χ1) is 18.9. The van der Waals surface area contributed by atoms with Crippen molar-refractivity contribution in [3.63, 3.8) is 0 Å². The largest absolute Gasteiger partial charge is 0.370 e. The zero-order chi connectivity index (χ0) is 28.0. The molecule has 2 aliphatic rings. The highest BCUT2D eigenvalue weighted by Crippen LogP contribution is 2.25. The van der Waals surface area contributed by atoms with E-state index in [-0.39, 0.29) is 29.9 Å². The minimum Gasteiger partial charge on any atom is -0.370 e. The normalized spacial score (nSPS) is 20.3. The first-order valence-corrected chi connectivity index (χ1v) is 14.4. The number of allylic oxidation sites excluding steroid dienone is 2. The van der Waals surface area contributed by atoms with Gasteiger partial charge in [0.15, 0.2) is 5.96 Å². The number of carbonyl (C=O) groups is 2. The van der Waals surface area contributed by atoms with Gasteiger partial charge in [-0.3, -0.25) is 14.6 Å². The SMILES string of the molecule is C/C=C\C.NC(N)=NCCCC1NC(CNC(=O)c2ccc3ccccc3c2)CCN(C2CCCCC2)C1=O. The van der Waals surface area contributed by atoms with Crippen LogP contribution in [0.2, 0.25) is 0 Å². The molecule has 8 nitrogen and oxygen atoms in total. The van der Waals surface area contributed by atoms with Crippen molar-refractivity contribution in [2.45, 2.75) is 83.3 Å². The lowest BCUT2D eigenvalue weighted by molar-refractivity contribution is -0.135. The number of nitrogens with two attached hydrogens (primary N) is 2. The van der Waals surface area contributed by atoms with Crippen molar-refractivity contribution in [2.24, 2.45) is 16.5 Å². The predicted octanol–water partition coefficient (Wildman–Crippen LogP) is 4.10. The van der Waals surface area contributed by atoms with E-state index in [0.717, 1.165) is 43.0 Å². The van der Waals surface area contributed by atoms with Gasteiger partial charge in [0, 0.05) is 37.3 Å². The number of aliphatic imine (C=N–C) groups is 1. The van der Waals surface area contributed by atoms with Crippen molar-refractivity contribution in [1.82, 2.24) is 15.5 Å². The van der Waals surface area contributed by atoms with E-state index in [0.29, 0.717) is 31.1 Å². The lowest BCUT2D eigenvalue weighted by Gasteiger charge is -2.35. The maximum Gasteiger partial charge on any atom is 0.251 e. The number of rotatable bonds is 8. The molecular weight excluding hydrogens is 488 g/mol. The Bertz CT molecular complexity index is 1120. The Balaban J connectivity index is 0.000000983. The van der Waals surface area contributed by atoms with E-state index in [2.05, 4.69) is 20.5 Å². The third-order valence-corrected chi connectivity index (χ3v) is 7.55. The van der Waals surface area contributed by atoms with Gasteiger partial charge in [-0.25, -0.2) is 0 Å². The molecule has 6 N–H and O–H groups in total. The van der Waals surface area contributed by atoms with Gasteiger partial charge in [0.2, 0.25) is 5.91 Å². The number of hydrogen-bond donors (Lipinski definition) is 4. The zero-order valence-corrected chi connectivity index (χ0v) is 23.6. The number of fused-ring (bicyclic) bond motifs is 1. The first-order valence-electron chi connectivity index (χ1n) is 14.4. The average molecular weight is 535 g/mol. The van der Waals surface area contributed by atoms with Gasteiger partial charge in [0.1, 0.15) is 0 Å². The van der Waals surface area contributed by atoms with Gasteiger partial charge in [-0.2, -0.15) is 0 Å². The Kier molecular flexibility index (Phi) is 12.3. The molecule has 212 valence electrons. The van der Waals surface area contributed by atoms with Gasteiger partial charge < -0.3 is 27.0 Å². The molecule has 0 aromatic heterocycles. The molecule has 0 radical (unpaired) electrons. The standard InChI is InChI=1S/C27H38N6O2.C4H8/c28-27(29)30-15-6-11-24-26(35)33(23-9-2-1-3-10-23)16-14-22(32-24)18-31-25(34)21-13-12-19-7-4-5-8-20(19)17-21;1-3-4-2/h4-5,7-8,12-13,17,22-24,32H,1-3,6,9-11,14-16,18H2,(H,31,34)(H4,28,29,30);3-4H,1-2H3/b;4-3-. The molecule has 1 saturated heterocycles. The molecular formula is C31H46N6O2. The Hall–Kier alpha value is -3.39. The molecule has 2 atom stereocenters. The minimum atomic E-state index is -0.295. The molecule has 8 heteroatoms. The molecule has 2 fully saturated rings. The molecule has 0 bridgehead atoms. The average Bonchev–Trinajstić information content (AvgIpc) is 3.12. The molecule has 1 aliphatic carbocycles. The van der Waals surface area contributed by atoms with E-state index < -0.39 is 0 Å². The summed E-state index contributed by atoms with van der Waals surface area (Å²) >= 11 is 0. The number of nitrogens with one attached hydrogen (secondary N) is 2. The quantitative estimate of drug-likeness (QED) is 0.176. The van der Waals surface area contributed by atoms with Crippen molar-refractivity contribution in [3.8, 4) is 0 Å². The molecule has 2 unspecified atom stereocenters. The van der Waals surface area contributed by atoms with Crippen molar-refractivity contribution in [1.29, 1.82) is 0 Å². The summed E-state index contributed by atoms with van der Waals surface area (Å²) < 4.78 is 0. The first kappa shape index (κ1) is 30.2. The summed E-state index contributed by atoms with van der Waals surface area (Å²) in [5.74, 6) is 0.148. The van der Waals surface area contributed by atoms with Crippen LogP contribution in [-0.2, 0) is 4.79 Å². The number of benzene rings is 2. The highest BCUT2D eigenvalue weighted by atomic mass is 16.2. The predicted molar refractivity (Wildman–Crippen MR) is 161 cm³/mol. The Labute approximate surface area is 233 Å². The summed E-state index contributed by atoms with van der Waals surface area (Å²) in [6.45, 7) is 5.69. The van der Waals surface area contributed by atoms with Crippen LogP contribution in [0.5, 0.6) is 0 Å². The van der Waals surface area contributed by atoms with Crippen LogP contribution in [0.4, 0.5) is 0 Å². The van der Waals surface area contributed by atoms with E-state index in [1.165, 1.54) is 19.3 Å². The number of nitrogens with zero attached hydrogens (tertiary/aromatic N) is 2. The zero-order valence-electron chi connectivity index (χ0n) is 23.6. The van der Waals surface area contributed by atoms with Crippen molar-refractivity contribution < 1.29 is 9.59 Å². The summed E-state index contributed by atoms with van der Waals surface area (Å²) in [6.07, 6.45) is 12.0. The van der Waals surface area contributed by atoms with Crippen molar-refractivity contribution in [2.75, 3.05) is 19.6 Å². The van der Waals surface area contributed by atoms with E-state index in [9.17, 15) is 9.59 Å². The van der Waals surface area contributed by atoms with Crippen molar-refractivity contribution in [3.05, 3.63) is 60.2 Å². The topological polar surface area (TPSA) is 126 Å². The van der Waals surface area contributed by atoms with Crippen LogP contribution >= 0.6 is 0 Å². The van der Waals surface area contributed by atoms with Crippen molar-refractivity contribution >= 4 is 28.5 Å². The van der Waals surface area contributed by atoms with Gasteiger partial charge in [0.05, 0.1) is 6.04 Å². The minimum absolute atomic E-state index is 0.0185. The fraction of sp³-hybridized carbons (Fsp3) is 0.516. The molecule has 4 rings (SSSR count). The summed E-state index contributed by atoms with van der Waals surface area (Å²) in [5, 5.41) is 8.78. The van der Waals surface area contributed by atoms with Crippen LogP contribution in [0.3, 0.4) is 0 Å². The highest BCUT2D eigenvalue weighted by Gasteiger charge is 2.34. The van der Waals surface area contributed by atoms with Crippen LogP contribution < -0.4 is 22.1 Å². The van der Waals surface area contributed by atoms with Gasteiger partial charge >= 0.3 is 0 Å². The fourth-order valence-corrected chi connectivity index (χ4v) is 5.32. The maximum atomic E-state index is 13.5. The monoisotopic (exact) mass is 534 g/mol. The van der Waals surface area contributed by atoms with E-state index in [1.807, 2.05) is 68.5 Å². The van der Waals surface area contributed by atoms with Gasteiger partial charge in [-0.05, 0) is 68.9 Å². The van der Waals surface area contributed by atoms with E-state index in [4.69, 9.17) is 11.5 Å². The molecule has 1 heterocycles. The van der Waals surface area contributed by atoms with Gasteiger partial charge in [0.25, 0.3) is 5.91 Å². The van der Waals surface area contributed by atoms with Crippen LogP contribution in [0, 0.1) is 0 Å². The second-order valence-corrected chi connectivity index (χ2v) is 10.4. The molecule has 2 aromatic rings. The van der Waals surface area contributed by atoms with E-state index in [1.54, 1.807) is 0 Å². The van der Waals surface area contributed by atoms with Gasteiger partial charge in [-0.15, -0.1) is 0 Å². The number of hydrogen-bond acceptors (Lipinski definition) is 4. The molecule has 2 amide bonds. The fourth-order valence-electron chi connectivity index (χ4n) is 5.32. The lowest BCUT2D eigenvalue weighted by Crippen LogP contribution is -2.50. The smallest absolute Gasteiger partial charge is 0.251 e. The molecule has 1 saturated carbocycles. The van der Waals surface area contributed by atoms with Crippen LogP contribution in [0.15, 0.2) is 59.6 Å². The number of carbonyl (C=O) groups excluding carboxylic acids is 2. The molecule has 2 aromatic carbocycles. The second-order valence-electron chi connectivity index (χ2n) is 10.4.